The van der Waals surface area contributed by atoms with Crippen molar-refractivity contribution in [2.24, 2.45) is 0 Å². The Bertz CT molecular complexity index is 1080. The molecule has 0 spiro atoms. The molecule has 3 rings (SSSR count). The third-order valence-electron chi connectivity index (χ3n) is 6.71. The van der Waals surface area contributed by atoms with Crippen LogP contribution >= 0.6 is 0 Å². The van der Waals surface area contributed by atoms with Gasteiger partial charge in [-0.15, -0.1) is 0 Å². The molecule has 0 radical (unpaired) electrons. The van der Waals surface area contributed by atoms with Crippen LogP contribution in [0.5, 0.6) is 0 Å². The van der Waals surface area contributed by atoms with E-state index in [0.29, 0.717) is 0 Å². The number of fused-ring (bicyclic) bond motifs is 2. The van der Waals surface area contributed by atoms with Crippen LogP contribution in [0, 0.1) is 0 Å². The van der Waals surface area contributed by atoms with E-state index in [4.69, 9.17) is 4.98 Å². The van der Waals surface area contributed by atoms with Crippen LogP contribution in [-0.4, -0.2) is 96.7 Å². The number of benzene rings is 2. The molecular weight excluding hydrogens is 509 g/mol. The average Bonchev–Trinajstić information content (AvgIpc) is 2.85. The summed E-state index contributed by atoms with van der Waals surface area (Å²) in [5.41, 5.74) is 3.70. The predicted octanol–water partition coefficient (Wildman–Crippen LogP) is 4.48. The van der Waals surface area contributed by atoms with E-state index in [0.717, 1.165) is 45.0 Å². The number of anilines is 1. The maximum atomic E-state index is 5.07. The van der Waals surface area contributed by atoms with Crippen molar-refractivity contribution in [2.75, 3.05) is 72.4 Å². The Kier molecular flexibility index (Phi) is 11.9. The van der Waals surface area contributed by atoms with Crippen LogP contribution < -0.4 is 14.8 Å². The Labute approximate surface area is 225 Å². The molecule has 5 nitrogen and oxygen atoms in total. The summed E-state index contributed by atoms with van der Waals surface area (Å²) < 4.78 is 5.44. The summed E-state index contributed by atoms with van der Waals surface area (Å²) in [5, 5.41) is 1.36. The maximum absolute atomic E-state index is 5.07. The molecule has 1 aromatic rings. The van der Waals surface area contributed by atoms with E-state index in [2.05, 4.69) is 97.7 Å². The van der Waals surface area contributed by atoms with Gasteiger partial charge in [0, 0.05) is 0 Å². The van der Waals surface area contributed by atoms with E-state index < -0.39 is 0 Å². The zero-order chi connectivity index (χ0) is 25.9. The zero-order valence-electron chi connectivity index (χ0n) is 23.6. The quantitative estimate of drug-likeness (QED) is 0.156. The summed E-state index contributed by atoms with van der Waals surface area (Å²) in [5.74, 6) is 0. The van der Waals surface area contributed by atoms with E-state index >= 15 is 0 Å². The molecule has 0 aromatic heterocycles. The van der Waals surface area contributed by atoms with Crippen LogP contribution in [0.2, 0.25) is 0 Å². The molecule has 36 heavy (non-hydrogen) atoms. The van der Waals surface area contributed by atoms with Crippen LogP contribution in [0.1, 0.15) is 52.4 Å². The average molecular weight is 558 g/mol. The summed E-state index contributed by atoms with van der Waals surface area (Å²) in [6.45, 7) is 11.3. The van der Waals surface area contributed by atoms with E-state index in [1.165, 1.54) is 63.8 Å². The van der Waals surface area contributed by atoms with Crippen molar-refractivity contribution in [1.82, 2.24) is 19.4 Å². The first-order valence-electron chi connectivity index (χ1n) is 13.9. The summed E-state index contributed by atoms with van der Waals surface area (Å²) in [6.07, 6.45) is 7.34. The first-order chi connectivity index (χ1) is 17.4. The Morgan fingerprint density at radius 2 is 1.39 bits per heavy atom. The van der Waals surface area contributed by atoms with Gasteiger partial charge in [0.15, 0.2) is 0 Å². The van der Waals surface area contributed by atoms with E-state index in [1.807, 2.05) is 0 Å². The number of rotatable bonds is 15. The molecule has 6 heteroatoms. The van der Waals surface area contributed by atoms with Crippen molar-refractivity contribution < 1.29 is 0 Å². The SMILES string of the molecule is CCCCN(CCCC)c1ccc2nc3ccc(=[N+](CCCN(C)C)CCCN(C)C)cc-3[se]c2c1. The fourth-order valence-corrected chi connectivity index (χ4v) is 6.76. The van der Waals surface area contributed by atoms with Crippen molar-refractivity contribution in [1.29, 1.82) is 0 Å². The van der Waals surface area contributed by atoms with Gasteiger partial charge in [-0.05, 0) is 0 Å². The molecule has 0 atom stereocenters. The standard InChI is InChI=1S/C30H48N5Se/c1-7-9-19-34(20-10-8-2)25-13-15-27-29(23-25)36-30-24-26(14-16-28(30)31-27)35(21-11-17-32(3)4)22-12-18-33(5)6/h13-16,23-24H,7-12,17-22H2,1-6H3/q+1. The van der Waals surface area contributed by atoms with Crippen LogP contribution in [0.3, 0.4) is 0 Å². The predicted molar refractivity (Wildman–Crippen MR) is 159 cm³/mol. The van der Waals surface area contributed by atoms with Gasteiger partial charge >= 0.3 is 226 Å². The number of hydrogen-bond acceptors (Lipinski definition) is 4. The molecule has 1 aliphatic carbocycles. The number of nitrogens with zero attached hydrogens (tertiary/aromatic N) is 5. The second kappa shape index (κ2) is 14.9. The fourth-order valence-electron chi connectivity index (χ4n) is 4.59. The van der Waals surface area contributed by atoms with E-state index in [9.17, 15) is 0 Å². The molecule has 2 aliphatic rings. The van der Waals surface area contributed by atoms with Gasteiger partial charge in [0.25, 0.3) is 0 Å². The summed E-state index contributed by atoms with van der Waals surface area (Å²) in [7, 11) is 8.65. The molecule has 0 fully saturated rings. The normalized spacial score (nSPS) is 11.8. The van der Waals surface area contributed by atoms with E-state index in [1.54, 1.807) is 0 Å². The molecule has 0 saturated carbocycles. The topological polar surface area (TPSA) is 25.6 Å². The summed E-state index contributed by atoms with van der Waals surface area (Å²) in [4.78, 5) is 12.2. The molecule has 1 heterocycles. The molecule has 0 N–H and O–H groups in total. The minimum atomic E-state index is 0.276. The Morgan fingerprint density at radius 1 is 0.750 bits per heavy atom. The Morgan fingerprint density at radius 3 is 1.97 bits per heavy atom. The van der Waals surface area contributed by atoms with Gasteiger partial charge in [0.05, 0.1) is 0 Å². The van der Waals surface area contributed by atoms with Gasteiger partial charge < -0.3 is 0 Å². The first-order valence-corrected chi connectivity index (χ1v) is 15.6. The van der Waals surface area contributed by atoms with Crippen molar-refractivity contribution in [3.8, 4) is 10.1 Å². The van der Waals surface area contributed by atoms with Crippen LogP contribution in [0.4, 0.5) is 5.69 Å². The van der Waals surface area contributed by atoms with Gasteiger partial charge in [0.2, 0.25) is 0 Å². The second-order valence-electron chi connectivity index (χ2n) is 10.5. The van der Waals surface area contributed by atoms with Crippen molar-refractivity contribution in [2.45, 2.75) is 52.4 Å². The van der Waals surface area contributed by atoms with Crippen LogP contribution in [0.25, 0.3) is 19.9 Å². The fraction of sp³-hybridized carbons (Fsp3) is 0.600. The van der Waals surface area contributed by atoms with Crippen molar-refractivity contribution in [3.05, 3.63) is 41.8 Å². The molecule has 0 bridgehead atoms. The molecule has 0 amide bonds. The van der Waals surface area contributed by atoms with Gasteiger partial charge in [-0.2, -0.15) is 0 Å². The molecule has 198 valence electrons. The minimum absolute atomic E-state index is 0.276. The summed E-state index contributed by atoms with van der Waals surface area (Å²) in [6, 6.07) is 14.0. The molecule has 0 saturated heterocycles. The number of aromatic nitrogens is 1. The van der Waals surface area contributed by atoms with Crippen molar-refractivity contribution in [3.63, 3.8) is 0 Å². The van der Waals surface area contributed by atoms with Crippen LogP contribution in [-0.2, 0) is 0 Å². The van der Waals surface area contributed by atoms with Gasteiger partial charge in [-0.25, -0.2) is 0 Å². The molecule has 0 unspecified atom stereocenters. The Hall–Kier alpha value is -1.72. The molecule has 1 aliphatic heterocycles. The van der Waals surface area contributed by atoms with Gasteiger partial charge in [0.1, 0.15) is 0 Å². The van der Waals surface area contributed by atoms with Crippen LogP contribution in [0.15, 0.2) is 36.4 Å². The second-order valence-corrected chi connectivity index (χ2v) is 12.8. The summed E-state index contributed by atoms with van der Waals surface area (Å²) >= 11 is 0.276. The number of unbranched alkanes of at least 4 members (excludes halogenated alkanes) is 2. The Balaban J connectivity index is 1.97. The third kappa shape index (κ3) is 8.69. The van der Waals surface area contributed by atoms with Crippen molar-refractivity contribution >= 4 is 30.0 Å². The van der Waals surface area contributed by atoms with Gasteiger partial charge in [-0.3, -0.25) is 0 Å². The zero-order valence-corrected chi connectivity index (χ0v) is 25.3. The molecule has 1 aromatic carbocycles. The monoisotopic (exact) mass is 558 g/mol. The third-order valence-corrected chi connectivity index (χ3v) is 9.00. The molecular formula is C30H48N5Se+. The van der Waals surface area contributed by atoms with Gasteiger partial charge in [-0.1, -0.05) is 0 Å². The van der Waals surface area contributed by atoms with E-state index in [-0.39, 0.29) is 14.5 Å². The number of hydrogen-bond donors (Lipinski definition) is 0. The first kappa shape index (κ1) is 28.8.